The van der Waals surface area contributed by atoms with Crippen LogP contribution in [0.1, 0.15) is 78.8 Å². The number of oxazole rings is 1. The number of carbonyl (C=O) groups excluding carboxylic acids is 1. The molecule has 10 unspecified atom stereocenters. The highest BCUT2D eigenvalue weighted by atomic mass is 16.7. The van der Waals surface area contributed by atoms with E-state index in [-0.39, 0.29) is 30.3 Å². The van der Waals surface area contributed by atoms with E-state index in [1.165, 1.54) is 20.3 Å². The summed E-state index contributed by atoms with van der Waals surface area (Å²) in [5, 5.41) is 42.3. The Balaban J connectivity index is 1.96. The number of aliphatic hydroxyl groups excluding tert-OH is 4. The van der Waals surface area contributed by atoms with Crippen LogP contribution in [-0.4, -0.2) is 120 Å². The van der Waals surface area contributed by atoms with E-state index in [1.807, 2.05) is 76.3 Å². The normalized spacial score (nSPS) is 37.7. The van der Waals surface area contributed by atoms with Gasteiger partial charge in [0.15, 0.2) is 12.2 Å². The zero-order valence-corrected chi connectivity index (χ0v) is 38.0. The van der Waals surface area contributed by atoms with Crippen molar-refractivity contribution in [3.8, 4) is 0 Å². The first-order valence-corrected chi connectivity index (χ1v) is 21.4. The lowest BCUT2D eigenvalue weighted by atomic mass is 9.86. The van der Waals surface area contributed by atoms with Crippen molar-refractivity contribution in [2.45, 2.75) is 135 Å². The molecule has 1 fully saturated rings. The first-order chi connectivity index (χ1) is 29.6. The van der Waals surface area contributed by atoms with E-state index in [1.54, 1.807) is 76.7 Å². The molecule has 3 heterocycles. The molecule has 2 bridgehead atoms. The average Bonchev–Trinajstić information content (AvgIpc) is 3.71. The van der Waals surface area contributed by atoms with Gasteiger partial charge in [-0.3, -0.25) is 0 Å². The Hall–Kier alpha value is -4.02. The summed E-state index contributed by atoms with van der Waals surface area (Å²) >= 11 is 0. The molecule has 1 aromatic heterocycles. The van der Waals surface area contributed by atoms with Crippen molar-refractivity contribution in [3.05, 3.63) is 121 Å². The number of nitrogens with zero attached hydrogens (tertiary/aromatic N) is 1. The number of rotatable bonds is 9. The number of cyclic esters (lactones) is 1. The van der Waals surface area contributed by atoms with Crippen LogP contribution in [0.2, 0.25) is 0 Å². The Labute approximate surface area is 368 Å². The van der Waals surface area contributed by atoms with Gasteiger partial charge < -0.3 is 53.3 Å². The molecule has 0 spiro atoms. The highest BCUT2D eigenvalue weighted by Crippen LogP contribution is 2.30. The largest absolute Gasteiger partial charge is 0.458 e. The number of esters is 1. The topological polar surface area (TPSA) is 179 Å². The summed E-state index contributed by atoms with van der Waals surface area (Å²) < 4.78 is 41.4. The molecule has 0 aliphatic carbocycles. The number of ether oxygens (including phenoxy) is 6. The van der Waals surface area contributed by atoms with Crippen molar-refractivity contribution in [3.63, 3.8) is 0 Å². The first-order valence-electron chi connectivity index (χ1n) is 21.4. The van der Waals surface area contributed by atoms with E-state index in [4.69, 9.17) is 32.8 Å². The Morgan fingerprint density at radius 1 is 0.790 bits per heavy atom. The lowest BCUT2D eigenvalue weighted by molar-refractivity contribution is -0.310. The summed E-state index contributed by atoms with van der Waals surface area (Å²) in [6, 6.07) is 0. The number of fused-ring (bicyclic) bond motifs is 2. The monoisotopic (exact) mass is 865 g/mol. The minimum atomic E-state index is -0.903. The molecular weight excluding hydrogens is 795 g/mol. The van der Waals surface area contributed by atoms with Gasteiger partial charge in [-0.1, -0.05) is 124 Å². The average molecular weight is 866 g/mol. The third-order valence-electron chi connectivity index (χ3n) is 11.1. The highest BCUT2D eigenvalue weighted by molar-refractivity contribution is 5.82. The van der Waals surface area contributed by atoms with E-state index in [0.29, 0.717) is 18.0 Å². The number of hydrogen-bond acceptors (Lipinski definition) is 13. The van der Waals surface area contributed by atoms with Gasteiger partial charge in [0.1, 0.15) is 36.4 Å². The highest BCUT2D eigenvalue weighted by Gasteiger charge is 2.46. The zero-order chi connectivity index (χ0) is 45.8. The van der Waals surface area contributed by atoms with E-state index < -0.39 is 73.1 Å². The molecule has 0 aromatic carbocycles. The quantitative estimate of drug-likeness (QED) is 0.189. The van der Waals surface area contributed by atoms with Crippen molar-refractivity contribution < 1.29 is 58.1 Å². The Kier molecular flexibility index (Phi) is 23.0. The maximum Gasteiger partial charge on any atom is 0.331 e. The molecule has 2 aliphatic rings. The van der Waals surface area contributed by atoms with Gasteiger partial charge in [0.25, 0.3) is 0 Å². The summed E-state index contributed by atoms with van der Waals surface area (Å²) in [4.78, 5) is 17.7. The van der Waals surface area contributed by atoms with E-state index in [2.05, 4.69) is 11.1 Å². The molecule has 0 radical (unpaired) electrons. The molecule has 15 atom stereocenters. The lowest BCUT2D eigenvalue weighted by Crippen LogP contribution is -2.59. The number of hydrogen-bond donors (Lipinski definition) is 4. The van der Waals surface area contributed by atoms with E-state index >= 15 is 0 Å². The second-order valence-corrected chi connectivity index (χ2v) is 16.2. The van der Waals surface area contributed by atoms with Gasteiger partial charge in [0, 0.05) is 51.6 Å². The van der Waals surface area contributed by atoms with Crippen molar-refractivity contribution >= 4 is 12.0 Å². The smallest absolute Gasteiger partial charge is 0.331 e. The van der Waals surface area contributed by atoms with Crippen molar-refractivity contribution in [1.82, 2.24) is 4.98 Å². The van der Waals surface area contributed by atoms with Crippen LogP contribution in [0.15, 0.2) is 113 Å². The van der Waals surface area contributed by atoms with Crippen LogP contribution in [0.25, 0.3) is 6.08 Å². The van der Waals surface area contributed by atoms with Gasteiger partial charge >= 0.3 is 5.97 Å². The minimum absolute atomic E-state index is 0.141. The van der Waals surface area contributed by atoms with Gasteiger partial charge in [-0.25, -0.2) is 9.78 Å². The summed E-state index contributed by atoms with van der Waals surface area (Å²) in [6.07, 6.45) is 24.8. The third-order valence-corrected chi connectivity index (χ3v) is 11.1. The van der Waals surface area contributed by atoms with Crippen LogP contribution in [-0.2, 0) is 33.2 Å². The zero-order valence-electron chi connectivity index (χ0n) is 38.0. The Morgan fingerprint density at radius 2 is 1.42 bits per heavy atom. The van der Waals surface area contributed by atoms with Crippen molar-refractivity contribution in [2.24, 2.45) is 17.8 Å². The van der Waals surface area contributed by atoms with Crippen LogP contribution in [0.3, 0.4) is 0 Å². The van der Waals surface area contributed by atoms with Gasteiger partial charge in [0.05, 0.1) is 42.5 Å². The summed E-state index contributed by atoms with van der Waals surface area (Å²) in [5.74, 6) is -1.26. The molecule has 2 aliphatic heterocycles. The summed E-state index contributed by atoms with van der Waals surface area (Å²) in [6.45, 7) is 13.0. The Morgan fingerprint density at radius 3 is 2.08 bits per heavy atom. The van der Waals surface area contributed by atoms with Crippen molar-refractivity contribution in [2.75, 3.05) is 21.3 Å². The maximum absolute atomic E-state index is 13.0. The predicted molar refractivity (Wildman–Crippen MR) is 240 cm³/mol. The molecule has 0 amide bonds. The molecule has 62 heavy (non-hydrogen) atoms. The molecule has 1 saturated heterocycles. The molecule has 3 rings (SSSR count). The van der Waals surface area contributed by atoms with E-state index in [0.717, 1.165) is 5.57 Å². The van der Waals surface area contributed by atoms with Crippen LogP contribution in [0.5, 0.6) is 0 Å². The molecule has 344 valence electrons. The van der Waals surface area contributed by atoms with E-state index in [9.17, 15) is 25.2 Å². The number of methoxy groups -OCH3 is 3. The number of carbonyl (C=O) groups is 1. The van der Waals surface area contributed by atoms with Crippen LogP contribution in [0, 0.1) is 17.8 Å². The van der Waals surface area contributed by atoms with Gasteiger partial charge in [-0.2, -0.15) is 0 Å². The molecule has 4 N–H and O–H groups in total. The van der Waals surface area contributed by atoms with Crippen LogP contribution >= 0.6 is 0 Å². The molecular formula is C49H71NO12. The van der Waals surface area contributed by atoms with Gasteiger partial charge in [0.2, 0.25) is 0 Å². The van der Waals surface area contributed by atoms with Crippen LogP contribution in [0.4, 0.5) is 0 Å². The second kappa shape index (κ2) is 27.2. The summed E-state index contributed by atoms with van der Waals surface area (Å²) in [5.41, 5.74) is 1.56. The number of aromatic nitrogens is 1. The lowest BCUT2D eigenvalue weighted by Gasteiger charge is -2.43. The fourth-order valence-corrected chi connectivity index (χ4v) is 7.36. The predicted octanol–water partition coefficient (Wildman–Crippen LogP) is 6.88. The molecule has 13 heteroatoms. The Bertz CT molecular complexity index is 1750. The summed E-state index contributed by atoms with van der Waals surface area (Å²) in [7, 11) is 4.63. The first kappa shape index (κ1) is 52.3. The SMILES string of the molecule is COC1CC(O)/C=C/C=C/C=C\C(C)C(C(C)C(O)CC(C)O)OC(=O)\C=C/C=C/C=C/C(C)=C/C(C)C(O[C@@H]2O[C@H](C)[C@@H](O)[C@H](OC)[C@H]2OC)/C=C\C=C\c2coc(n2)C1C. The molecule has 13 nitrogen and oxygen atoms in total. The van der Waals surface area contributed by atoms with Crippen molar-refractivity contribution in [1.29, 1.82) is 0 Å². The standard InChI is InChI=1S/C49H71NO12/c1-31-21-15-11-14-18-26-43(54)62-45(35(5)40(53)28-34(4)51)32(2)22-16-12-13-17-24-39(52)29-42(56-8)36(6)48-50-38(30-59-48)23-19-20-25-41(33(3)27-31)61-49-47(58-10)46(57-9)44(55)37(7)60-49/h11-27,30,32-37,39-42,44-47,49,51-53,55H,28-29H2,1-10H3/b13-12+,14-11+,21-15+,22-16-,23-19+,24-17+,25-20-,26-18-,31-27+/t32?,33?,34?,35?,36?,37-,39?,40?,41?,42?,44-,45?,46+,47-,49+/m1/s1. The fourth-order valence-electron chi connectivity index (χ4n) is 7.36. The fraction of sp³-hybridized carbons (Fsp3) is 0.551. The molecule has 0 saturated carbocycles. The number of allylic oxidation sites excluding steroid dienone is 12. The maximum atomic E-state index is 13.0. The van der Waals surface area contributed by atoms with Crippen LogP contribution < -0.4 is 0 Å². The third kappa shape index (κ3) is 16.9. The number of aliphatic hydroxyl groups is 4. The van der Waals surface area contributed by atoms with Gasteiger partial charge in [-0.05, 0) is 33.3 Å². The molecule has 1 aromatic rings. The van der Waals surface area contributed by atoms with Gasteiger partial charge in [-0.15, -0.1) is 0 Å². The minimum Gasteiger partial charge on any atom is -0.458 e. The second-order valence-electron chi connectivity index (χ2n) is 16.2.